The van der Waals surface area contributed by atoms with Crippen LogP contribution in [0.1, 0.15) is 66.2 Å². The monoisotopic (exact) mass is 288 g/mol. The number of fused-ring (bicyclic) bond motifs is 3. The van der Waals surface area contributed by atoms with Crippen molar-refractivity contribution in [2.45, 2.75) is 72.3 Å². The number of aliphatic hydroxyl groups is 1. The molecule has 3 aliphatic rings. The third kappa shape index (κ3) is 2.15. The fourth-order valence-corrected chi connectivity index (χ4v) is 5.81. The van der Waals surface area contributed by atoms with Gasteiger partial charge in [0.15, 0.2) is 0 Å². The summed E-state index contributed by atoms with van der Waals surface area (Å²) in [6.45, 7) is 13.5. The lowest BCUT2D eigenvalue weighted by molar-refractivity contribution is -0.120. The maximum atomic E-state index is 10.5. The molecule has 0 aromatic heterocycles. The fraction of sp³-hybridized carbons (Fsp3) is 0.800. The van der Waals surface area contributed by atoms with E-state index in [9.17, 15) is 5.11 Å². The Morgan fingerprint density at radius 1 is 1.19 bits per heavy atom. The van der Waals surface area contributed by atoms with Crippen LogP contribution in [-0.2, 0) is 0 Å². The quantitative estimate of drug-likeness (QED) is 0.665. The van der Waals surface area contributed by atoms with Gasteiger partial charge in [0.2, 0.25) is 0 Å². The second-order valence-corrected chi connectivity index (χ2v) is 9.08. The van der Waals surface area contributed by atoms with E-state index in [1.807, 2.05) is 0 Å². The molecule has 0 bridgehead atoms. The van der Waals surface area contributed by atoms with E-state index in [0.29, 0.717) is 16.7 Å². The molecule has 2 saturated carbocycles. The molecule has 1 nitrogen and oxygen atoms in total. The van der Waals surface area contributed by atoms with Crippen LogP contribution < -0.4 is 0 Å². The van der Waals surface area contributed by atoms with E-state index in [-0.39, 0.29) is 11.5 Å². The van der Waals surface area contributed by atoms with Crippen LogP contribution >= 0.6 is 0 Å². The highest BCUT2D eigenvalue weighted by molar-refractivity contribution is 5.25. The van der Waals surface area contributed by atoms with Crippen LogP contribution in [0.15, 0.2) is 24.3 Å². The summed E-state index contributed by atoms with van der Waals surface area (Å²) in [6, 6.07) is 0. The fourth-order valence-electron chi connectivity index (χ4n) is 5.81. The molecular weight excluding hydrogens is 256 g/mol. The molecule has 1 heteroatoms. The molecule has 3 rings (SSSR count). The van der Waals surface area contributed by atoms with Crippen LogP contribution in [-0.4, -0.2) is 11.2 Å². The van der Waals surface area contributed by atoms with Gasteiger partial charge in [-0.2, -0.15) is 0 Å². The van der Waals surface area contributed by atoms with Gasteiger partial charge in [-0.15, -0.1) is 6.58 Å². The maximum absolute atomic E-state index is 10.5. The third-order valence-electron chi connectivity index (χ3n) is 7.47. The molecule has 0 radical (unpaired) electrons. The topological polar surface area (TPSA) is 20.2 Å². The van der Waals surface area contributed by atoms with Crippen molar-refractivity contribution in [3.8, 4) is 0 Å². The SMILES string of the molecule is C=C[C@]1(C)CC[C@@H]2C(=CC[C@H]3C(C)(C)[C@@H](O)CC[C@]23C)C1. The molecular formula is C20H32O. The summed E-state index contributed by atoms with van der Waals surface area (Å²) in [6.07, 6.45) is 11.7. The molecule has 0 aliphatic heterocycles. The van der Waals surface area contributed by atoms with Crippen LogP contribution in [0.2, 0.25) is 0 Å². The molecule has 0 heterocycles. The average molecular weight is 288 g/mol. The zero-order valence-corrected chi connectivity index (χ0v) is 14.3. The summed E-state index contributed by atoms with van der Waals surface area (Å²) in [5.41, 5.74) is 2.42. The van der Waals surface area contributed by atoms with Crippen LogP contribution in [0.3, 0.4) is 0 Å². The Bertz CT molecular complexity index is 474. The van der Waals surface area contributed by atoms with Crippen molar-refractivity contribution in [3.05, 3.63) is 24.3 Å². The average Bonchev–Trinajstić information content (AvgIpc) is 2.43. The number of allylic oxidation sites excluding steroid dienone is 3. The predicted octanol–water partition coefficient (Wildman–Crippen LogP) is 5.11. The Labute approximate surface area is 130 Å². The summed E-state index contributed by atoms with van der Waals surface area (Å²) in [5.74, 6) is 1.35. The van der Waals surface area contributed by atoms with Crippen molar-refractivity contribution in [1.82, 2.24) is 0 Å². The minimum Gasteiger partial charge on any atom is -0.393 e. The Balaban J connectivity index is 1.95. The van der Waals surface area contributed by atoms with E-state index in [4.69, 9.17) is 0 Å². The normalized spacial score (nSPS) is 48.8. The van der Waals surface area contributed by atoms with Gasteiger partial charge in [-0.3, -0.25) is 0 Å². The molecule has 2 fully saturated rings. The number of aliphatic hydroxyl groups excluding tert-OH is 1. The highest BCUT2D eigenvalue weighted by Crippen LogP contribution is 2.63. The van der Waals surface area contributed by atoms with E-state index in [1.54, 1.807) is 5.57 Å². The first-order chi connectivity index (χ1) is 9.73. The van der Waals surface area contributed by atoms with Crippen molar-refractivity contribution in [2.24, 2.45) is 28.1 Å². The Kier molecular flexibility index (Phi) is 3.44. The first-order valence-corrected chi connectivity index (χ1v) is 8.73. The van der Waals surface area contributed by atoms with Gasteiger partial charge in [0.1, 0.15) is 0 Å². The van der Waals surface area contributed by atoms with E-state index < -0.39 is 0 Å². The van der Waals surface area contributed by atoms with Gasteiger partial charge in [0.05, 0.1) is 6.10 Å². The predicted molar refractivity (Wildman–Crippen MR) is 89.0 cm³/mol. The summed E-state index contributed by atoms with van der Waals surface area (Å²) in [5, 5.41) is 10.5. The van der Waals surface area contributed by atoms with Crippen LogP contribution in [0, 0.1) is 28.1 Å². The molecule has 0 unspecified atom stereocenters. The van der Waals surface area contributed by atoms with E-state index in [0.717, 1.165) is 18.8 Å². The zero-order valence-electron chi connectivity index (χ0n) is 14.3. The lowest BCUT2D eigenvalue weighted by Gasteiger charge is -2.60. The number of rotatable bonds is 1. The van der Waals surface area contributed by atoms with Gasteiger partial charge in [-0.05, 0) is 66.6 Å². The van der Waals surface area contributed by atoms with Crippen molar-refractivity contribution in [3.63, 3.8) is 0 Å². The van der Waals surface area contributed by atoms with Gasteiger partial charge in [-0.1, -0.05) is 45.4 Å². The van der Waals surface area contributed by atoms with Crippen LogP contribution in [0.5, 0.6) is 0 Å². The lowest BCUT2D eigenvalue weighted by atomic mass is 9.45. The molecule has 1 N–H and O–H groups in total. The maximum Gasteiger partial charge on any atom is 0.0594 e. The molecule has 118 valence electrons. The second-order valence-electron chi connectivity index (χ2n) is 9.08. The van der Waals surface area contributed by atoms with Crippen molar-refractivity contribution < 1.29 is 5.11 Å². The summed E-state index contributed by atoms with van der Waals surface area (Å²) < 4.78 is 0. The molecule has 0 saturated heterocycles. The highest BCUT2D eigenvalue weighted by atomic mass is 16.3. The second kappa shape index (κ2) is 4.72. The van der Waals surface area contributed by atoms with Crippen molar-refractivity contribution in [2.75, 3.05) is 0 Å². The largest absolute Gasteiger partial charge is 0.393 e. The summed E-state index contributed by atoms with van der Waals surface area (Å²) >= 11 is 0. The van der Waals surface area contributed by atoms with E-state index in [1.165, 1.54) is 25.7 Å². The third-order valence-corrected chi connectivity index (χ3v) is 7.47. The Hall–Kier alpha value is -0.560. The molecule has 3 aliphatic carbocycles. The lowest BCUT2D eigenvalue weighted by Crippen LogP contribution is -2.55. The van der Waals surface area contributed by atoms with Gasteiger partial charge in [0.25, 0.3) is 0 Å². The molecule has 0 aromatic rings. The van der Waals surface area contributed by atoms with Crippen LogP contribution in [0.25, 0.3) is 0 Å². The Morgan fingerprint density at radius 3 is 2.57 bits per heavy atom. The molecule has 0 aromatic carbocycles. The summed E-state index contributed by atoms with van der Waals surface area (Å²) in [7, 11) is 0. The van der Waals surface area contributed by atoms with Crippen molar-refractivity contribution >= 4 is 0 Å². The molecule has 5 atom stereocenters. The minimum absolute atomic E-state index is 0.0498. The van der Waals surface area contributed by atoms with Gasteiger partial charge < -0.3 is 5.11 Å². The number of hydrogen-bond donors (Lipinski definition) is 1. The zero-order chi connectivity index (χ0) is 15.5. The van der Waals surface area contributed by atoms with Gasteiger partial charge in [0, 0.05) is 0 Å². The van der Waals surface area contributed by atoms with Gasteiger partial charge in [-0.25, -0.2) is 0 Å². The highest BCUT2D eigenvalue weighted by Gasteiger charge is 2.56. The molecule has 21 heavy (non-hydrogen) atoms. The first kappa shape index (κ1) is 15.3. The molecule has 0 amide bonds. The van der Waals surface area contributed by atoms with E-state index in [2.05, 4.69) is 46.4 Å². The van der Waals surface area contributed by atoms with E-state index >= 15 is 0 Å². The van der Waals surface area contributed by atoms with Gasteiger partial charge >= 0.3 is 0 Å². The smallest absolute Gasteiger partial charge is 0.0594 e. The van der Waals surface area contributed by atoms with Crippen LogP contribution in [0.4, 0.5) is 0 Å². The Morgan fingerprint density at radius 2 is 1.90 bits per heavy atom. The molecule has 0 spiro atoms. The standard InChI is InChI=1S/C20H32O/c1-6-19(4)11-9-15-14(13-19)7-8-16-18(2,3)17(21)10-12-20(15,16)5/h6-7,15-17,21H,1,8-13H2,2-5H3/t15-,16+,17+,19-,20-/m1/s1. The van der Waals surface area contributed by atoms with Crippen molar-refractivity contribution in [1.29, 1.82) is 0 Å². The minimum atomic E-state index is -0.132. The number of hydrogen-bond acceptors (Lipinski definition) is 1. The summed E-state index contributed by atoms with van der Waals surface area (Å²) in [4.78, 5) is 0. The first-order valence-electron chi connectivity index (χ1n) is 8.73.